The average Bonchev–Trinajstić information content (AvgIpc) is 3.59. The number of carbonyl (C=O) groups excluding carboxylic acids is 1. The Balaban J connectivity index is 1.26. The monoisotopic (exact) mass is 581 g/mol. The molecule has 0 unspecified atom stereocenters. The molecule has 0 aliphatic rings. The number of para-hydroxylation sites is 1. The lowest BCUT2D eigenvalue weighted by Crippen LogP contribution is -2.14. The number of nitrogens with one attached hydrogen (secondary N) is 1. The molecule has 0 saturated heterocycles. The Morgan fingerprint density at radius 3 is 2.52 bits per heavy atom. The van der Waals surface area contributed by atoms with E-state index in [0.717, 1.165) is 34.0 Å². The van der Waals surface area contributed by atoms with Crippen molar-refractivity contribution in [3.8, 4) is 22.8 Å². The first-order valence-electron chi connectivity index (χ1n) is 12.0. The fraction of sp³-hybridized carbons (Fsp3) is 0.143. The summed E-state index contributed by atoms with van der Waals surface area (Å²) in [5, 5.41) is 12.4. The lowest BCUT2D eigenvalue weighted by molar-refractivity contribution is -0.137. The summed E-state index contributed by atoms with van der Waals surface area (Å²) in [7, 11) is 1.60. The van der Waals surface area contributed by atoms with Crippen molar-refractivity contribution in [2.75, 3.05) is 18.2 Å². The van der Waals surface area contributed by atoms with Crippen molar-refractivity contribution >= 4 is 34.1 Å². The summed E-state index contributed by atoms with van der Waals surface area (Å²) < 4.78 is 46.2. The molecule has 204 valence electrons. The summed E-state index contributed by atoms with van der Waals surface area (Å²) in [5.74, 6) is 1.10. The molecule has 0 aliphatic carbocycles. The van der Waals surface area contributed by atoms with E-state index in [1.807, 2.05) is 59.2 Å². The topological polar surface area (TPSA) is 81.9 Å². The van der Waals surface area contributed by atoms with E-state index in [1.54, 1.807) is 19.4 Å². The second-order valence-electron chi connectivity index (χ2n) is 8.55. The zero-order chi connectivity index (χ0) is 28.1. The third-order valence-corrected chi connectivity index (χ3v) is 7.60. The SMILES string of the molecule is COc1ccc(-c2nnc(SCC(=O)Nc3ncc(Cc4cccc(C(F)(F)F)c4)s3)n2-c2ccccc2)cc1. The Kier molecular flexibility index (Phi) is 8.17. The highest BCUT2D eigenvalue weighted by Gasteiger charge is 2.30. The maximum atomic E-state index is 13.0. The van der Waals surface area contributed by atoms with Gasteiger partial charge in [-0.15, -0.1) is 21.5 Å². The number of thiazole rings is 1. The first-order valence-corrected chi connectivity index (χ1v) is 13.8. The molecule has 0 aliphatic heterocycles. The lowest BCUT2D eigenvalue weighted by Gasteiger charge is -2.10. The van der Waals surface area contributed by atoms with Gasteiger partial charge in [0.25, 0.3) is 0 Å². The standard InChI is InChI=1S/C28H22F3N5O2S2/c1-38-22-12-10-19(11-13-22)25-34-35-27(36(25)21-8-3-2-4-9-21)39-17-24(37)33-26-32-16-23(40-26)15-18-6-5-7-20(14-18)28(29,30)31/h2-14,16H,15,17H2,1H3,(H,32,33,37). The van der Waals surface area contributed by atoms with Gasteiger partial charge in [-0.1, -0.05) is 48.2 Å². The molecule has 0 radical (unpaired) electrons. The minimum absolute atomic E-state index is 0.0517. The number of aromatic nitrogens is 4. The van der Waals surface area contributed by atoms with Crippen LogP contribution >= 0.6 is 23.1 Å². The zero-order valence-corrected chi connectivity index (χ0v) is 22.7. The Morgan fingerprint density at radius 1 is 1.02 bits per heavy atom. The van der Waals surface area contributed by atoms with Gasteiger partial charge in [0.1, 0.15) is 5.75 Å². The quantitative estimate of drug-likeness (QED) is 0.194. The van der Waals surface area contributed by atoms with Crippen LogP contribution in [0.3, 0.4) is 0 Å². The maximum Gasteiger partial charge on any atom is 0.416 e. The molecule has 0 saturated carbocycles. The van der Waals surface area contributed by atoms with Crippen molar-refractivity contribution in [2.24, 2.45) is 0 Å². The van der Waals surface area contributed by atoms with Crippen LogP contribution in [0.5, 0.6) is 5.75 Å². The first kappa shape index (κ1) is 27.4. The molecular weight excluding hydrogens is 559 g/mol. The fourth-order valence-corrected chi connectivity index (χ4v) is 5.51. The van der Waals surface area contributed by atoms with Crippen LogP contribution in [0, 0.1) is 0 Å². The minimum atomic E-state index is -4.40. The number of carbonyl (C=O) groups is 1. The Morgan fingerprint density at radius 2 is 1.80 bits per heavy atom. The summed E-state index contributed by atoms with van der Waals surface area (Å²) in [6.45, 7) is 0. The van der Waals surface area contributed by atoms with Crippen molar-refractivity contribution in [2.45, 2.75) is 17.8 Å². The largest absolute Gasteiger partial charge is 0.497 e. The molecule has 3 aromatic carbocycles. The van der Waals surface area contributed by atoms with Gasteiger partial charge in [0, 0.05) is 28.7 Å². The number of hydrogen-bond donors (Lipinski definition) is 1. The number of methoxy groups -OCH3 is 1. The number of amides is 1. The highest BCUT2D eigenvalue weighted by Crippen LogP contribution is 2.31. The van der Waals surface area contributed by atoms with Gasteiger partial charge >= 0.3 is 6.18 Å². The van der Waals surface area contributed by atoms with Crippen molar-refractivity contribution in [3.05, 3.63) is 101 Å². The normalized spacial score (nSPS) is 11.4. The smallest absolute Gasteiger partial charge is 0.416 e. The molecule has 2 heterocycles. The number of halogens is 3. The molecule has 0 fully saturated rings. The lowest BCUT2D eigenvalue weighted by atomic mass is 10.1. The molecule has 1 N–H and O–H groups in total. The molecule has 5 aromatic rings. The highest BCUT2D eigenvalue weighted by atomic mass is 32.2. The molecule has 12 heteroatoms. The van der Waals surface area contributed by atoms with Gasteiger partial charge in [0.2, 0.25) is 5.91 Å². The van der Waals surface area contributed by atoms with Gasteiger partial charge in [-0.05, 0) is 48.0 Å². The number of hydrogen-bond acceptors (Lipinski definition) is 7. The molecule has 7 nitrogen and oxygen atoms in total. The van der Waals surface area contributed by atoms with Crippen LogP contribution in [0.25, 0.3) is 17.1 Å². The minimum Gasteiger partial charge on any atom is -0.497 e. The Bertz CT molecular complexity index is 1600. The van der Waals surface area contributed by atoms with E-state index in [2.05, 4.69) is 20.5 Å². The van der Waals surface area contributed by atoms with Gasteiger partial charge < -0.3 is 10.1 Å². The van der Waals surface area contributed by atoms with Crippen LogP contribution in [-0.4, -0.2) is 38.5 Å². The molecule has 2 aromatic heterocycles. The highest BCUT2D eigenvalue weighted by molar-refractivity contribution is 7.99. The molecular formula is C28H22F3N5O2S2. The zero-order valence-electron chi connectivity index (χ0n) is 21.1. The van der Waals surface area contributed by atoms with Gasteiger partial charge in [0.15, 0.2) is 16.1 Å². The molecule has 0 atom stereocenters. The summed E-state index contributed by atoms with van der Waals surface area (Å²) in [5.41, 5.74) is 1.50. The van der Waals surface area contributed by atoms with Crippen LogP contribution in [0.15, 0.2) is 90.2 Å². The van der Waals surface area contributed by atoms with Crippen LogP contribution in [0.1, 0.15) is 16.0 Å². The van der Waals surface area contributed by atoms with E-state index in [4.69, 9.17) is 4.74 Å². The van der Waals surface area contributed by atoms with Crippen LogP contribution in [0.2, 0.25) is 0 Å². The first-order chi connectivity index (χ1) is 19.3. The number of ether oxygens (including phenoxy) is 1. The molecule has 5 rings (SSSR count). The second kappa shape index (κ2) is 11.9. The fourth-order valence-electron chi connectivity index (χ4n) is 3.89. The number of nitrogens with zero attached hydrogens (tertiary/aromatic N) is 4. The number of thioether (sulfide) groups is 1. The van der Waals surface area contributed by atoms with E-state index in [1.165, 1.54) is 29.2 Å². The maximum absolute atomic E-state index is 13.0. The van der Waals surface area contributed by atoms with Gasteiger partial charge in [0.05, 0.1) is 18.4 Å². The number of anilines is 1. The number of benzene rings is 3. The van der Waals surface area contributed by atoms with Crippen molar-refractivity contribution in [1.29, 1.82) is 0 Å². The van der Waals surface area contributed by atoms with Crippen molar-refractivity contribution in [3.63, 3.8) is 0 Å². The predicted octanol–water partition coefficient (Wildman–Crippen LogP) is 6.74. The molecule has 0 spiro atoms. The number of rotatable bonds is 9. The van der Waals surface area contributed by atoms with Crippen LogP contribution in [-0.2, 0) is 17.4 Å². The predicted molar refractivity (Wildman–Crippen MR) is 149 cm³/mol. The van der Waals surface area contributed by atoms with E-state index in [9.17, 15) is 18.0 Å². The Labute approximate surface area is 236 Å². The van der Waals surface area contributed by atoms with Gasteiger partial charge in [-0.3, -0.25) is 9.36 Å². The second-order valence-corrected chi connectivity index (χ2v) is 10.6. The van der Waals surface area contributed by atoms with Crippen LogP contribution in [0.4, 0.5) is 18.3 Å². The summed E-state index contributed by atoms with van der Waals surface area (Å²) in [6, 6.07) is 22.2. The van der Waals surface area contributed by atoms with Crippen LogP contribution < -0.4 is 10.1 Å². The third kappa shape index (κ3) is 6.52. The van der Waals surface area contributed by atoms with E-state index < -0.39 is 11.7 Å². The third-order valence-electron chi connectivity index (χ3n) is 5.76. The molecule has 0 bridgehead atoms. The van der Waals surface area contributed by atoms with Crippen molar-refractivity contribution in [1.82, 2.24) is 19.7 Å². The van der Waals surface area contributed by atoms with E-state index in [-0.39, 0.29) is 18.1 Å². The van der Waals surface area contributed by atoms with E-state index in [0.29, 0.717) is 21.7 Å². The summed E-state index contributed by atoms with van der Waals surface area (Å²) in [4.78, 5) is 17.7. The Hall–Kier alpha value is -4.16. The van der Waals surface area contributed by atoms with Crippen molar-refractivity contribution < 1.29 is 22.7 Å². The molecule has 1 amide bonds. The average molecular weight is 582 g/mol. The van der Waals surface area contributed by atoms with E-state index >= 15 is 0 Å². The number of alkyl halides is 3. The van der Waals surface area contributed by atoms with Gasteiger partial charge in [-0.25, -0.2) is 4.98 Å². The molecule has 40 heavy (non-hydrogen) atoms. The summed E-state index contributed by atoms with van der Waals surface area (Å²) in [6.07, 6.45) is -2.57. The summed E-state index contributed by atoms with van der Waals surface area (Å²) >= 11 is 2.45. The van der Waals surface area contributed by atoms with Gasteiger partial charge in [-0.2, -0.15) is 13.2 Å².